The van der Waals surface area contributed by atoms with Gasteiger partial charge in [0, 0.05) is 10.9 Å². The van der Waals surface area contributed by atoms with Crippen LogP contribution in [0.1, 0.15) is 20.3 Å². The molecule has 0 fully saturated rings. The Morgan fingerprint density at radius 3 is 2.50 bits per heavy atom. The predicted octanol–water partition coefficient (Wildman–Crippen LogP) is 3.38. The number of hydrogen-bond acceptors (Lipinski definition) is 1. The van der Waals surface area contributed by atoms with E-state index < -0.39 is 0 Å². The Morgan fingerprint density at radius 1 is 1.58 bits per heavy atom. The molecule has 0 aromatic carbocycles. The van der Waals surface area contributed by atoms with E-state index in [1.54, 1.807) is 13.0 Å². The Bertz CT molecular complexity index is 236. The van der Waals surface area contributed by atoms with Crippen LogP contribution in [-0.2, 0) is 4.79 Å². The van der Waals surface area contributed by atoms with E-state index >= 15 is 0 Å². The van der Waals surface area contributed by atoms with Gasteiger partial charge >= 0.3 is 0 Å². The van der Waals surface area contributed by atoms with Gasteiger partial charge in [0.25, 0.3) is 0 Å². The average Bonchev–Trinajstić information content (AvgIpc) is 2.01. The van der Waals surface area contributed by atoms with Crippen LogP contribution >= 0.6 is 15.9 Å². The fraction of sp³-hybridized carbons (Fsp3) is 0.300. The molecule has 0 unspecified atom stereocenters. The molecule has 0 N–H and O–H groups in total. The maximum absolute atomic E-state index is 10.8. The number of allylic oxidation sites excluding steroid dienone is 5. The minimum atomic E-state index is 0.155. The van der Waals surface area contributed by atoms with Gasteiger partial charge in [0.2, 0.25) is 0 Å². The van der Waals surface area contributed by atoms with Crippen LogP contribution in [0.15, 0.2) is 34.9 Å². The van der Waals surface area contributed by atoms with Crippen molar-refractivity contribution in [1.82, 2.24) is 0 Å². The fourth-order valence-corrected chi connectivity index (χ4v) is 1.10. The van der Waals surface area contributed by atoms with E-state index in [2.05, 4.69) is 22.5 Å². The monoisotopic (exact) mass is 228 g/mol. The van der Waals surface area contributed by atoms with Gasteiger partial charge in [-0.2, -0.15) is 0 Å². The summed E-state index contributed by atoms with van der Waals surface area (Å²) in [7, 11) is 0. The average molecular weight is 229 g/mol. The van der Waals surface area contributed by atoms with Crippen LogP contribution in [0.3, 0.4) is 0 Å². The minimum Gasteiger partial charge on any atom is -0.300 e. The smallest absolute Gasteiger partial charge is 0.134 e. The number of Topliss-reactive ketones (excluding diaryl/α,β-unsaturated/α-hetero) is 1. The summed E-state index contributed by atoms with van der Waals surface area (Å²) in [4.78, 5) is 10.8. The summed E-state index contributed by atoms with van der Waals surface area (Å²) in [6.45, 7) is 7.12. The molecular formula is C10H13BrO. The maximum Gasteiger partial charge on any atom is 0.134 e. The Labute approximate surface area is 82.0 Å². The second-order valence-electron chi connectivity index (χ2n) is 2.46. The van der Waals surface area contributed by atoms with Crippen LogP contribution in [0.5, 0.6) is 0 Å². The number of rotatable bonds is 4. The fourth-order valence-electron chi connectivity index (χ4n) is 0.823. The number of carbonyl (C=O) groups excluding carboxylic acids is 1. The standard InChI is InChI=1S/C10H13BrO/c1-4-6-9(7-8(3)12)10(11)5-2/h4-6H,2,7H2,1,3H3/b6-4-,10-9-. The topological polar surface area (TPSA) is 17.1 Å². The first-order chi connectivity index (χ1) is 5.61. The van der Waals surface area contributed by atoms with Crippen molar-refractivity contribution in [2.45, 2.75) is 20.3 Å². The highest BCUT2D eigenvalue weighted by molar-refractivity contribution is 9.11. The molecule has 0 aliphatic heterocycles. The Hall–Kier alpha value is -0.630. The summed E-state index contributed by atoms with van der Waals surface area (Å²) in [6, 6.07) is 0. The molecule has 12 heavy (non-hydrogen) atoms. The normalized spacial score (nSPS) is 12.9. The summed E-state index contributed by atoms with van der Waals surface area (Å²) in [5.41, 5.74) is 0.972. The molecule has 0 saturated heterocycles. The van der Waals surface area contributed by atoms with Crippen molar-refractivity contribution in [1.29, 1.82) is 0 Å². The van der Waals surface area contributed by atoms with Crippen molar-refractivity contribution in [3.8, 4) is 0 Å². The van der Waals surface area contributed by atoms with Crippen molar-refractivity contribution in [2.75, 3.05) is 0 Å². The molecule has 0 amide bonds. The molecule has 0 radical (unpaired) electrons. The van der Waals surface area contributed by atoms with E-state index in [0.29, 0.717) is 6.42 Å². The zero-order valence-corrected chi connectivity index (χ0v) is 9.02. The molecule has 0 atom stereocenters. The van der Waals surface area contributed by atoms with Gasteiger partial charge in [-0.1, -0.05) is 40.7 Å². The van der Waals surface area contributed by atoms with E-state index in [1.165, 1.54) is 0 Å². The molecule has 1 nitrogen and oxygen atoms in total. The largest absolute Gasteiger partial charge is 0.300 e. The van der Waals surface area contributed by atoms with Crippen molar-refractivity contribution in [3.05, 3.63) is 34.9 Å². The van der Waals surface area contributed by atoms with Gasteiger partial charge in [-0.05, 0) is 19.4 Å². The van der Waals surface area contributed by atoms with E-state index in [0.717, 1.165) is 10.1 Å². The Balaban J connectivity index is 4.65. The second-order valence-corrected chi connectivity index (χ2v) is 3.31. The van der Waals surface area contributed by atoms with Crippen LogP contribution in [-0.4, -0.2) is 5.78 Å². The quantitative estimate of drug-likeness (QED) is 0.675. The zero-order valence-electron chi connectivity index (χ0n) is 7.43. The van der Waals surface area contributed by atoms with E-state index in [-0.39, 0.29) is 5.78 Å². The van der Waals surface area contributed by atoms with Gasteiger partial charge in [0.1, 0.15) is 5.78 Å². The van der Waals surface area contributed by atoms with Crippen LogP contribution in [0.2, 0.25) is 0 Å². The summed E-state index contributed by atoms with van der Waals surface area (Å²) >= 11 is 3.33. The third-order valence-corrected chi connectivity index (χ3v) is 2.13. The third kappa shape index (κ3) is 4.29. The van der Waals surface area contributed by atoms with Crippen LogP contribution in [0, 0.1) is 0 Å². The van der Waals surface area contributed by atoms with Crippen molar-refractivity contribution < 1.29 is 4.79 Å². The number of ketones is 1. The van der Waals surface area contributed by atoms with Gasteiger partial charge in [-0.25, -0.2) is 0 Å². The van der Waals surface area contributed by atoms with Crippen LogP contribution in [0.4, 0.5) is 0 Å². The Kier molecular flexibility index (Phi) is 5.64. The van der Waals surface area contributed by atoms with Crippen molar-refractivity contribution >= 4 is 21.7 Å². The van der Waals surface area contributed by atoms with Crippen molar-refractivity contribution in [2.24, 2.45) is 0 Å². The molecule has 0 rings (SSSR count). The predicted molar refractivity (Wildman–Crippen MR) is 56.3 cm³/mol. The first kappa shape index (κ1) is 11.4. The summed E-state index contributed by atoms with van der Waals surface area (Å²) in [5, 5.41) is 0. The highest BCUT2D eigenvalue weighted by Crippen LogP contribution is 2.17. The van der Waals surface area contributed by atoms with E-state index in [4.69, 9.17) is 0 Å². The zero-order chi connectivity index (χ0) is 9.56. The molecule has 0 spiro atoms. The van der Waals surface area contributed by atoms with E-state index in [1.807, 2.05) is 19.1 Å². The lowest BCUT2D eigenvalue weighted by Crippen LogP contribution is -1.92. The molecule has 0 saturated carbocycles. The molecule has 0 aliphatic rings. The van der Waals surface area contributed by atoms with E-state index in [9.17, 15) is 4.79 Å². The molecule has 0 aliphatic carbocycles. The van der Waals surface area contributed by atoms with Gasteiger partial charge in [-0.15, -0.1) is 0 Å². The minimum absolute atomic E-state index is 0.155. The van der Waals surface area contributed by atoms with Gasteiger partial charge in [-0.3, -0.25) is 4.79 Å². The van der Waals surface area contributed by atoms with Crippen LogP contribution in [0.25, 0.3) is 0 Å². The second kappa shape index (κ2) is 5.95. The molecule has 0 heterocycles. The summed E-state index contributed by atoms with van der Waals surface area (Å²) in [5.74, 6) is 0.155. The third-order valence-electron chi connectivity index (χ3n) is 1.29. The SMILES string of the molecule is C=C/C(Br)=C(\C=C/C)CC(C)=O. The molecule has 0 aromatic rings. The lowest BCUT2D eigenvalue weighted by Gasteiger charge is -1.99. The molecule has 0 aromatic heterocycles. The van der Waals surface area contributed by atoms with Gasteiger partial charge in [0.05, 0.1) is 0 Å². The summed E-state index contributed by atoms with van der Waals surface area (Å²) < 4.78 is 0.885. The maximum atomic E-state index is 10.8. The molecule has 0 bridgehead atoms. The highest BCUT2D eigenvalue weighted by Gasteiger charge is 2.00. The lowest BCUT2D eigenvalue weighted by atomic mass is 10.1. The van der Waals surface area contributed by atoms with Crippen molar-refractivity contribution in [3.63, 3.8) is 0 Å². The first-order valence-corrected chi connectivity index (χ1v) is 4.54. The Morgan fingerprint density at radius 2 is 2.17 bits per heavy atom. The molecule has 2 heteroatoms. The molecule has 66 valence electrons. The number of hydrogen-bond donors (Lipinski definition) is 0. The highest BCUT2D eigenvalue weighted by atomic mass is 79.9. The summed E-state index contributed by atoms with van der Waals surface area (Å²) in [6.07, 6.45) is 5.96. The lowest BCUT2D eigenvalue weighted by molar-refractivity contribution is -0.116. The van der Waals surface area contributed by atoms with Gasteiger partial charge < -0.3 is 0 Å². The van der Waals surface area contributed by atoms with Gasteiger partial charge in [0.15, 0.2) is 0 Å². The number of carbonyl (C=O) groups is 1. The first-order valence-electron chi connectivity index (χ1n) is 3.75. The molecular weight excluding hydrogens is 216 g/mol. The van der Waals surface area contributed by atoms with Crippen LogP contribution < -0.4 is 0 Å². The number of halogens is 1.